The lowest BCUT2D eigenvalue weighted by Crippen LogP contribution is -2.49. The SMILES string of the molecule is CN(C)CC(C1CCCCC1)C1(c2ccc(Cl)cc2)CCC1.Cl. The molecule has 0 spiro atoms. The molecule has 1 unspecified atom stereocenters. The molecule has 0 aliphatic heterocycles. The summed E-state index contributed by atoms with van der Waals surface area (Å²) in [5.74, 6) is 1.71. The van der Waals surface area contributed by atoms with Gasteiger partial charge in [0.2, 0.25) is 0 Å². The van der Waals surface area contributed by atoms with E-state index in [1.807, 2.05) is 0 Å². The van der Waals surface area contributed by atoms with Gasteiger partial charge in [-0.25, -0.2) is 0 Å². The van der Waals surface area contributed by atoms with Crippen molar-refractivity contribution in [2.75, 3.05) is 20.6 Å². The number of rotatable bonds is 5. The Hall–Kier alpha value is -0.240. The average Bonchev–Trinajstić information content (AvgIpc) is 2.47. The predicted molar refractivity (Wildman–Crippen MR) is 103 cm³/mol. The molecule has 0 saturated heterocycles. The molecule has 1 atom stereocenters. The first-order valence-electron chi connectivity index (χ1n) is 9.02. The van der Waals surface area contributed by atoms with Gasteiger partial charge in [0.05, 0.1) is 0 Å². The summed E-state index contributed by atoms with van der Waals surface area (Å²) < 4.78 is 0. The van der Waals surface area contributed by atoms with Crippen molar-refractivity contribution in [2.24, 2.45) is 11.8 Å². The maximum Gasteiger partial charge on any atom is 0.0406 e. The molecule has 130 valence electrons. The number of halogens is 2. The molecule has 0 heterocycles. The van der Waals surface area contributed by atoms with Gasteiger partial charge in [-0.15, -0.1) is 12.4 Å². The van der Waals surface area contributed by atoms with Crippen molar-refractivity contribution in [1.82, 2.24) is 4.90 Å². The molecule has 0 amide bonds. The van der Waals surface area contributed by atoms with E-state index in [0.717, 1.165) is 16.9 Å². The van der Waals surface area contributed by atoms with Crippen LogP contribution >= 0.6 is 24.0 Å². The molecule has 1 aromatic carbocycles. The predicted octanol–water partition coefficient (Wildman–Crippen LogP) is 5.94. The molecule has 2 aliphatic carbocycles. The zero-order chi connectivity index (χ0) is 15.6. The molecule has 0 aromatic heterocycles. The number of nitrogens with zero attached hydrogens (tertiary/aromatic N) is 1. The van der Waals surface area contributed by atoms with Crippen molar-refractivity contribution in [2.45, 2.75) is 56.8 Å². The lowest BCUT2D eigenvalue weighted by Gasteiger charge is -2.53. The highest BCUT2D eigenvalue weighted by Crippen LogP contribution is 2.54. The summed E-state index contributed by atoms with van der Waals surface area (Å²) in [5.41, 5.74) is 1.96. The smallest absolute Gasteiger partial charge is 0.0406 e. The van der Waals surface area contributed by atoms with E-state index in [4.69, 9.17) is 11.6 Å². The third-order valence-corrected chi connectivity index (χ3v) is 6.41. The van der Waals surface area contributed by atoms with Gasteiger partial charge in [-0.05, 0) is 61.9 Å². The number of hydrogen-bond donors (Lipinski definition) is 0. The summed E-state index contributed by atoms with van der Waals surface area (Å²) in [6.45, 7) is 1.23. The first-order valence-corrected chi connectivity index (χ1v) is 9.40. The fourth-order valence-electron chi connectivity index (χ4n) is 4.92. The van der Waals surface area contributed by atoms with E-state index in [9.17, 15) is 0 Å². The van der Waals surface area contributed by atoms with Crippen LogP contribution in [0.5, 0.6) is 0 Å². The van der Waals surface area contributed by atoms with Gasteiger partial charge in [0.15, 0.2) is 0 Å². The van der Waals surface area contributed by atoms with Crippen molar-refractivity contribution < 1.29 is 0 Å². The van der Waals surface area contributed by atoms with E-state index >= 15 is 0 Å². The molecular weight excluding hydrogens is 325 g/mol. The molecular formula is C20H31Cl2N. The van der Waals surface area contributed by atoms with Crippen LogP contribution in [-0.4, -0.2) is 25.5 Å². The van der Waals surface area contributed by atoms with Crippen molar-refractivity contribution in [3.8, 4) is 0 Å². The van der Waals surface area contributed by atoms with Crippen molar-refractivity contribution >= 4 is 24.0 Å². The van der Waals surface area contributed by atoms with Gasteiger partial charge in [0, 0.05) is 11.6 Å². The van der Waals surface area contributed by atoms with Crippen LogP contribution in [0.3, 0.4) is 0 Å². The highest BCUT2D eigenvalue weighted by molar-refractivity contribution is 6.30. The van der Waals surface area contributed by atoms with Crippen LogP contribution in [0.2, 0.25) is 5.02 Å². The Morgan fingerprint density at radius 2 is 1.65 bits per heavy atom. The van der Waals surface area contributed by atoms with Gasteiger partial charge in [-0.2, -0.15) is 0 Å². The molecule has 0 radical (unpaired) electrons. The minimum atomic E-state index is 0. The highest BCUT2D eigenvalue weighted by atomic mass is 35.5. The largest absolute Gasteiger partial charge is 0.309 e. The molecule has 23 heavy (non-hydrogen) atoms. The second kappa shape index (κ2) is 8.23. The second-order valence-corrected chi connectivity index (χ2v) is 8.22. The lowest BCUT2D eigenvalue weighted by molar-refractivity contribution is 0.0543. The summed E-state index contributed by atoms with van der Waals surface area (Å²) in [6.07, 6.45) is 11.3. The topological polar surface area (TPSA) is 3.24 Å². The van der Waals surface area contributed by atoms with Gasteiger partial charge < -0.3 is 4.90 Å². The Bertz CT molecular complexity index is 473. The Morgan fingerprint density at radius 1 is 1.04 bits per heavy atom. The van der Waals surface area contributed by atoms with Gasteiger partial charge in [0.1, 0.15) is 0 Å². The maximum absolute atomic E-state index is 6.13. The van der Waals surface area contributed by atoms with Crippen molar-refractivity contribution in [3.05, 3.63) is 34.9 Å². The first-order chi connectivity index (χ1) is 10.6. The molecule has 3 heteroatoms. The quantitative estimate of drug-likeness (QED) is 0.631. The minimum Gasteiger partial charge on any atom is -0.309 e. The second-order valence-electron chi connectivity index (χ2n) is 7.78. The summed E-state index contributed by atoms with van der Waals surface area (Å²) in [5, 5.41) is 0.861. The lowest BCUT2D eigenvalue weighted by atomic mass is 9.53. The van der Waals surface area contributed by atoms with Crippen LogP contribution in [0.4, 0.5) is 0 Å². The number of benzene rings is 1. The van der Waals surface area contributed by atoms with Crippen LogP contribution in [0.25, 0.3) is 0 Å². The van der Waals surface area contributed by atoms with E-state index in [1.165, 1.54) is 57.9 Å². The van der Waals surface area contributed by atoms with Crippen LogP contribution in [-0.2, 0) is 5.41 Å². The summed E-state index contributed by atoms with van der Waals surface area (Å²) in [4.78, 5) is 2.41. The molecule has 0 bridgehead atoms. The summed E-state index contributed by atoms with van der Waals surface area (Å²) in [7, 11) is 4.48. The van der Waals surface area contributed by atoms with Crippen LogP contribution < -0.4 is 0 Å². The fraction of sp³-hybridized carbons (Fsp3) is 0.700. The monoisotopic (exact) mass is 355 g/mol. The molecule has 2 saturated carbocycles. The van der Waals surface area contributed by atoms with E-state index < -0.39 is 0 Å². The minimum absolute atomic E-state index is 0. The van der Waals surface area contributed by atoms with Gasteiger partial charge >= 0.3 is 0 Å². The van der Waals surface area contributed by atoms with Gasteiger partial charge in [-0.1, -0.05) is 62.3 Å². The Kier molecular flexibility index (Phi) is 6.83. The first kappa shape index (κ1) is 19.1. The summed E-state index contributed by atoms with van der Waals surface area (Å²) in [6, 6.07) is 8.77. The Labute approximate surface area is 153 Å². The molecule has 3 rings (SSSR count). The highest BCUT2D eigenvalue weighted by Gasteiger charge is 2.48. The third kappa shape index (κ3) is 4.06. The molecule has 1 nitrogen and oxygen atoms in total. The standard InChI is InChI=1S/C20H30ClN.ClH/c1-22(2)15-19(16-7-4-3-5-8-16)20(13-6-14-20)17-9-11-18(21)12-10-17;/h9-12,16,19H,3-8,13-15H2,1-2H3;1H. The summed E-state index contributed by atoms with van der Waals surface area (Å²) >= 11 is 6.13. The Morgan fingerprint density at radius 3 is 2.13 bits per heavy atom. The maximum atomic E-state index is 6.13. The molecule has 1 aromatic rings. The van der Waals surface area contributed by atoms with Crippen LogP contribution in [0, 0.1) is 11.8 Å². The van der Waals surface area contributed by atoms with Crippen LogP contribution in [0.1, 0.15) is 56.9 Å². The van der Waals surface area contributed by atoms with E-state index in [2.05, 4.69) is 43.3 Å². The van der Waals surface area contributed by atoms with Gasteiger partial charge in [0.25, 0.3) is 0 Å². The van der Waals surface area contributed by atoms with Crippen LogP contribution in [0.15, 0.2) is 24.3 Å². The fourth-order valence-corrected chi connectivity index (χ4v) is 5.04. The normalized spacial score (nSPS) is 22.3. The molecule has 0 N–H and O–H groups in total. The third-order valence-electron chi connectivity index (χ3n) is 6.16. The van der Waals surface area contributed by atoms with Crippen molar-refractivity contribution in [1.29, 1.82) is 0 Å². The zero-order valence-electron chi connectivity index (χ0n) is 14.6. The van der Waals surface area contributed by atoms with E-state index in [1.54, 1.807) is 5.56 Å². The number of hydrogen-bond acceptors (Lipinski definition) is 1. The van der Waals surface area contributed by atoms with E-state index in [-0.39, 0.29) is 12.4 Å². The van der Waals surface area contributed by atoms with Crippen molar-refractivity contribution in [3.63, 3.8) is 0 Å². The molecule has 2 fully saturated rings. The van der Waals surface area contributed by atoms with E-state index in [0.29, 0.717) is 5.41 Å². The average molecular weight is 356 g/mol. The molecule has 2 aliphatic rings. The Balaban J connectivity index is 0.00000192. The zero-order valence-corrected chi connectivity index (χ0v) is 16.1. The van der Waals surface area contributed by atoms with Gasteiger partial charge in [-0.3, -0.25) is 0 Å².